The summed E-state index contributed by atoms with van der Waals surface area (Å²) in [7, 11) is 1.34. The standard InChI is InChI=1S/C18H20ClN3O2/c1-24-18(23)17-10-20-16(9-21-17)12-22-7-6-14(11-22)8-13-2-4-15(19)5-3-13/h2-5,9-10,14H,6-8,11-12H2,1H3. The fraction of sp³-hybridized carbons (Fsp3) is 0.389. The number of rotatable bonds is 5. The van der Waals surface area contributed by atoms with Crippen molar-refractivity contribution in [2.75, 3.05) is 20.2 Å². The quantitative estimate of drug-likeness (QED) is 0.780. The molecule has 1 aromatic heterocycles. The van der Waals surface area contributed by atoms with Gasteiger partial charge in [-0.3, -0.25) is 9.88 Å². The summed E-state index contributed by atoms with van der Waals surface area (Å²) in [5.74, 6) is 0.187. The molecule has 0 aliphatic carbocycles. The predicted molar refractivity (Wildman–Crippen MR) is 91.9 cm³/mol. The van der Waals surface area contributed by atoms with Crippen LogP contribution >= 0.6 is 11.6 Å². The van der Waals surface area contributed by atoms with Gasteiger partial charge in [0.05, 0.1) is 25.2 Å². The Morgan fingerprint density at radius 2 is 2.08 bits per heavy atom. The zero-order chi connectivity index (χ0) is 16.9. The van der Waals surface area contributed by atoms with Crippen molar-refractivity contribution in [1.29, 1.82) is 0 Å². The van der Waals surface area contributed by atoms with Gasteiger partial charge in [-0.2, -0.15) is 0 Å². The van der Waals surface area contributed by atoms with Crippen LogP contribution in [0.2, 0.25) is 5.02 Å². The molecule has 126 valence electrons. The van der Waals surface area contributed by atoms with E-state index in [1.54, 1.807) is 6.20 Å². The average molecular weight is 346 g/mol. The fourth-order valence-corrected chi connectivity index (χ4v) is 3.18. The number of carbonyl (C=O) groups is 1. The summed E-state index contributed by atoms with van der Waals surface area (Å²) in [5, 5.41) is 0.778. The predicted octanol–water partition coefficient (Wildman–Crippen LogP) is 2.98. The van der Waals surface area contributed by atoms with Gasteiger partial charge in [-0.05, 0) is 43.0 Å². The van der Waals surface area contributed by atoms with Crippen LogP contribution in [0.3, 0.4) is 0 Å². The van der Waals surface area contributed by atoms with Crippen molar-refractivity contribution < 1.29 is 9.53 Å². The number of hydrogen-bond donors (Lipinski definition) is 0. The number of halogens is 1. The first-order valence-corrected chi connectivity index (χ1v) is 8.38. The smallest absolute Gasteiger partial charge is 0.358 e. The largest absolute Gasteiger partial charge is 0.464 e. The second kappa shape index (κ2) is 7.73. The Labute approximate surface area is 146 Å². The van der Waals surface area contributed by atoms with Gasteiger partial charge in [0.1, 0.15) is 0 Å². The van der Waals surface area contributed by atoms with Gasteiger partial charge in [0.15, 0.2) is 5.69 Å². The normalized spacial score (nSPS) is 17.8. The summed E-state index contributed by atoms with van der Waals surface area (Å²) >= 11 is 5.93. The summed E-state index contributed by atoms with van der Waals surface area (Å²) < 4.78 is 4.63. The molecule has 2 aromatic rings. The van der Waals surface area contributed by atoms with Crippen LogP contribution < -0.4 is 0 Å². The fourth-order valence-electron chi connectivity index (χ4n) is 3.05. The summed E-state index contributed by atoms with van der Waals surface area (Å²) in [5.41, 5.74) is 2.44. The topological polar surface area (TPSA) is 55.3 Å². The molecule has 0 spiro atoms. The molecule has 6 heteroatoms. The lowest BCUT2D eigenvalue weighted by Gasteiger charge is -2.15. The van der Waals surface area contributed by atoms with Gasteiger partial charge in [-0.15, -0.1) is 0 Å². The van der Waals surface area contributed by atoms with Crippen molar-refractivity contribution in [1.82, 2.24) is 14.9 Å². The van der Waals surface area contributed by atoms with E-state index in [1.165, 1.54) is 25.3 Å². The summed E-state index contributed by atoms with van der Waals surface area (Å²) in [6, 6.07) is 8.09. The number of likely N-dealkylation sites (tertiary alicyclic amines) is 1. The van der Waals surface area contributed by atoms with E-state index in [-0.39, 0.29) is 5.69 Å². The molecular formula is C18H20ClN3O2. The van der Waals surface area contributed by atoms with Crippen molar-refractivity contribution in [3.63, 3.8) is 0 Å². The van der Waals surface area contributed by atoms with Crippen LogP contribution in [0, 0.1) is 5.92 Å². The highest BCUT2D eigenvalue weighted by Crippen LogP contribution is 2.22. The number of aromatic nitrogens is 2. The van der Waals surface area contributed by atoms with E-state index in [1.807, 2.05) is 12.1 Å². The van der Waals surface area contributed by atoms with Crippen LogP contribution in [0.4, 0.5) is 0 Å². The van der Waals surface area contributed by atoms with Crippen molar-refractivity contribution >= 4 is 17.6 Å². The number of esters is 1. The van der Waals surface area contributed by atoms with E-state index in [9.17, 15) is 4.79 Å². The molecule has 1 saturated heterocycles. The van der Waals surface area contributed by atoms with Gasteiger partial charge in [-0.1, -0.05) is 23.7 Å². The molecule has 1 aliphatic heterocycles. The zero-order valence-electron chi connectivity index (χ0n) is 13.6. The average Bonchev–Trinajstić information content (AvgIpc) is 3.04. The molecule has 1 aromatic carbocycles. The zero-order valence-corrected chi connectivity index (χ0v) is 14.4. The molecule has 3 rings (SSSR count). The van der Waals surface area contributed by atoms with Crippen LogP contribution in [0.15, 0.2) is 36.7 Å². The summed E-state index contributed by atoms with van der Waals surface area (Å²) in [4.78, 5) is 22.2. The number of hydrogen-bond acceptors (Lipinski definition) is 5. The third-order valence-corrected chi connectivity index (χ3v) is 4.55. The van der Waals surface area contributed by atoms with Crippen LogP contribution in [-0.4, -0.2) is 41.0 Å². The molecule has 5 nitrogen and oxygen atoms in total. The highest BCUT2D eigenvalue weighted by molar-refractivity contribution is 6.30. The van der Waals surface area contributed by atoms with E-state index in [0.717, 1.165) is 36.8 Å². The first kappa shape index (κ1) is 16.9. The minimum atomic E-state index is -0.460. The van der Waals surface area contributed by atoms with Crippen LogP contribution in [0.5, 0.6) is 0 Å². The Bertz CT molecular complexity index is 688. The van der Waals surface area contributed by atoms with Gasteiger partial charge in [0.2, 0.25) is 0 Å². The van der Waals surface area contributed by atoms with Gasteiger partial charge in [0.25, 0.3) is 0 Å². The Kier molecular flexibility index (Phi) is 5.43. The van der Waals surface area contributed by atoms with E-state index in [0.29, 0.717) is 5.92 Å². The Morgan fingerprint density at radius 1 is 1.29 bits per heavy atom. The molecule has 0 saturated carbocycles. The molecule has 0 radical (unpaired) electrons. The van der Waals surface area contributed by atoms with Gasteiger partial charge < -0.3 is 4.74 Å². The van der Waals surface area contributed by atoms with E-state index < -0.39 is 5.97 Å². The minimum Gasteiger partial charge on any atom is -0.464 e. The van der Waals surface area contributed by atoms with Gasteiger partial charge in [-0.25, -0.2) is 9.78 Å². The van der Waals surface area contributed by atoms with Crippen molar-refractivity contribution in [3.05, 3.63) is 58.6 Å². The Hall–Kier alpha value is -1.98. The maximum atomic E-state index is 11.4. The van der Waals surface area contributed by atoms with E-state index in [4.69, 9.17) is 11.6 Å². The molecule has 24 heavy (non-hydrogen) atoms. The van der Waals surface area contributed by atoms with Gasteiger partial charge in [0, 0.05) is 18.1 Å². The van der Waals surface area contributed by atoms with Crippen molar-refractivity contribution in [2.24, 2.45) is 5.92 Å². The van der Waals surface area contributed by atoms with Crippen molar-refractivity contribution in [3.8, 4) is 0 Å². The monoisotopic (exact) mass is 345 g/mol. The molecule has 1 atom stereocenters. The SMILES string of the molecule is COC(=O)c1cnc(CN2CCC(Cc3ccc(Cl)cc3)C2)cn1. The van der Waals surface area contributed by atoms with Crippen molar-refractivity contribution in [2.45, 2.75) is 19.4 Å². The molecule has 0 bridgehead atoms. The number of carbonyl (C=O) groups excluding carboxylic acids is 1. The maximum absolute atomic E-state index is 11.4. The molecule has 1 fully saturated rings. The molecule has 1 unspecified atom stereocenters. The second-order valence-corrected chi connectivity index (χ2v) is 6.54. The molecule has 2 heterocycles. The molecular weight excluding hydrogens is 326 g/mol. The number of methoxy groups -OCH3 is 1. The lowest BCUT2D eigenvalue weighted by atomic mass is 9.99. The number of benzene rings is 1. The van der Waals surface area contributed by atoms with Crippen LogP contribution in [0.25, 0.3) is 0 Å². The minimum absolute atomic E-state index is 0.239. The Morgan fingerprint density at radius 3 is 2.75 bits per heavy atom. The number of nitrogens with zero attached hydrogens (tertiary/aromatic N) is 3. The van der Waals surface area contributed by atoms with Gasteiger partial charge >= 0.3 is 5.97 Å². The first-order valence-electron chi connectivity index (χ1n) is 8.00. The number of ether oxygens (including phenoxy) is 1. The molecule has 0 amide bonds. The van der Waals surface area contributed by atoms with Crippen LogP contribution in [-0.2, 0) is 17.7 Å². The Balaban J connectivity index is 1.52. The van der Waals surface area contributed by atoms with E-state index in [2.05, 4.69) is 31.7 Å². The van der Waals surface area contributed by atoms with Crippen LogP contribution in [0.1, 0.15) is 28.2 Å². The molecule has 0 N–H and O–H groups in total. The lowest BCUT2D eigenvalue weighted by molar-refractivity contribution is 0.0593. The third kappa shape index (κ3) is 4.30. The maximum Gasteiger partial charge on any atom is 0.358 e. The molecule has 1 aliphatic rings. The third-order valence-electron chi connectivity index (χ3n) is 4.29. The van der Waals surface area contributed by atoms with E-state index >= 15 is 0 Å². The second-order valence-electron chi connectivity index (χ2n) is 6.10. The highest BCUT2D eigenvalue weighted by atomic mass is 35.5. The lowest BCUT2D eigenvalue weighted by Crippen LogP contribution is -2.21. The summed E-state index contributed by atoms with van der Waals surface area (Å²) in [6.07, 6.45) is 5.37. The summed E-state index contributed by atoms with van der Waals surface area (Å²) in [6.45, 7) is 2.85. The highest BCUT2D eigenvalue weighted by Gasteiger charge is 2.23. The first-order chi connectivity index (χ1) is 11.6.